The molecule has 18 heavy (non-hydrogen) atoms. The minimum absolute atomic E-state index is 0.189. The summed E-state index contributed by atoms with van der Waals surface area (Å²) in [7, 11) is 1.90. The lowest BCUT2D eigenvalue weighted by Gasteiger charge is -2.13. The fourth-order valence-corrected chi connectivity index (χ4v) is 2.17. The van der Waals surface area contributed by atoms with E-state index in [0.717, 1.165) is 23.2 Å². The standard InChI is InChI=1S/C16H18FN/c1-11-4-5-12(2)15(8-11)16-9-14(17)7-6-13(16)10-18-3/h4-9,18H,10H2,1-3H3. The summed E-state index contributed by atoms with van der Waals surface area (Å²) in [6.45, 7) is 4.85. The normalized spacial score (nSPS) is 10.7. The van der Waals surface area contributed by atoms with Gasteiger partial charge in [0.05, 0.1) is 0 Å². The third-order valence-electron chi connectivity index (χ3n) is 3.12. The first-order valence-electron chi connectivity index (χ1n) is 6.12. The molecule has 94 valence electrons. The van der Waals surface area contributed by atoms with Crippen LogP contribution in [0.4, 0.5) is 4.39 Å². The second-order valence-corrected chi connectivity index (χ2v) is 4.65. The highest BCUT2D eigenvalue weighted by Crippen LogP contribution is 2.28. The van der Waals surface area contributed by atoms with Crippen molar-refractivity contribution in [2.24, 2.45) is 0 Å². The smallest absolute Gasteiger partial charge is 0.123 e. The van der Waals surface area contributed by atoms with Crippen LogP contribution in [0, 0.1) is 19.7 Å². The van der Waals surface area contributed by atoms with Gasteiger partial charge in [-0.1, -0.05) is 29.8 Å². The summed E-state index contributed by atoms with van der Waals surface area (Å²) >= 11 is 0. The minimum Gasteiger partial charge on any atom is -0.316 e. The van der Waals surface area contributed by atoms with Crippen molar-refractivity contribution < 1.29 is 4.39 Å². The van der Waals surface area contributed by atoms with E-state index in [1.54, 1.807) is 6.07 Å². The quantitative estimate of drug-likeness (QED) is 0.864. The molecule has 0 aliphatic heterocycles. The van der Waals surface area contributed by atoms with Gasteiger partial charge >= 0.3 is 0 Å². The number of rotatable bonds is 3. The van der Waals surface area contributed by atoms with Crippen molar-refractivity contribution in [2.45, 2.75) is 20.4 Å². The van der Waals surface area contributed by atoms with Crippen molar-refractivity contribution in [1.29, 1.82) is 0 Å². The van der Waals surface area contributed by atoms with Crippen molar-refractivity contribution in [3.63, 3.8) is 0 Å². The number of hydrogen-bond acceptors (Lipinski definition) is 1. The van der Waals surface area contributed by atoms with E-state index in [1.165, 1.54) is 17.2 Å². The molecule has 2 rings (SSSR count). The van der Waals surface area contributed by atoms with Crippen molar-refractivity contribution in [3.05, 3.63) is 58.9 Å². The largest absolute Gasteiger partial charge is 0.316 e. The Labute approximate surface area is 108 Å². The Morgan fingerprint density at radius 1 is 1.00 bits per heavy atom. The summed E-state index contributed by atoms with van der Waals surface area (Å²) < 4.78 is 13.5. The summed E-state index contributed by atoms with van der Waals surface area (Å²) in [5, 5.41) is 3.13. The van der Waals surface area contributed by atoms with Gasteiger partial charge < -0.3 is 5.32 Å². The Kier molecular flexibility index (Phi) is 3.78. The van der Waals surface area contributed by atoms with Gasteiger partial charge in [-0.25, -0.2) is 4.39 Å². The van der Waals surface area contributed by atoms with Gasteiger partial charge in [0, 0.05) is 6.54 Å². The van der Waals surface area contributed by atoms with Gasteiger partial charge in [-0.05, 0) is 55.3 Å². The minimum atomic E-state index is -0.189. The highest BCUT2D eigenvalue weighted by molar-refractivity contribution is 5.71. The first kappa shape index (κ1) is 12.8. The number of benzene rings is 2. The molecule has 0 unspecified atom stereocenters. The van der Waals surface area contributed by atoms with Crippen LogP contribution in [0.5, 0.6) is 0 Å². The van der Waals surface area contributed by atoms with Gasteiger partial charge in [0.2, 0.25) is 0 Å². The van der Waals surface area contributed by atoms with Crippen LogP contribution < -0.4 is 5.32 Å². The van der Waals surface area contributed by atoms with E-state index in [-0.39, 0.29) is 5.82 Å². The van der Waals surface area contributed by atoms with Gasteiger partial charge in [0.1, 0.15) is 5.82 Å². The highest BCUT2D eigenvalue weighted by Gasteiger charge is 2.09. The predicted molar refractivity (Wildman–Crippen MR) is 74.1 cm³/mol. The zero-order chi connectivity index (χ0) is 13.1. The van der Waals surface area contributed by atoms with Crippen LogP contribution in [0.3, 0.4) is 0 Å². The molecular formula is C16H18FN. The molecule has 0 heterocycles. The van der Waals surface area contributed by atoms with Crippen molar-refractivity contribution in [1.82, 2.24) is 5.32 Å². The van der Waals surface area contributed by atoms with Crippen LogP contribution >= 0.6 is 0 Å². The van der Waals surface area contributed by atoms with Crippen LogP contribution in [0.2, 0.25) is 0 Å². The van der Waals surface area contributed by atoms with Crippen LogP contribution in [0.25, 0.3) is 11.1 Å². The Bertz CT molecular complexity index is 561. The molecule has 0 aliphatic rings. The molecule has 0 aliphatic carbocycles. The van der Waals surface area contributed by atoms with Crippen LogP contribution in [-0.2, 0) is 6.54 Å². The Morgan fingerprint density at radius 2 is 1.78 bits per heavy atom. The lowest BCUT2D eigenvalue weighted by Crippen LogP contribution is -2.07. The number of halogens is 1. The lowest BCUT2D eigenvalue weighted by atomic mass is 9.94. The van der Waals surface area contributed by atoms with Crippen molar-refractivity contribution in [3.8, 4) is 11.1 Å². The molecule has 1 N–H and O–H groups in total. The molecule has 0 fully saturated rings. The monoisotopic (exact) mass is 243 g/mol. The molecule has 2 heteroatoms. The fourth-order valence-electron chi connectivity index (χ4n) is 2.17. The second kappa shape index (κ2) is 5.32. The lowest BCUT2D eigenvalue weighted by molar-refractivity contribution is 0.627. The van der Waals surface area contributed by atoms with Crippen LogP contribution in [0.1, 0.15) is 16.7 Å². The summed E-state index contributed by atoms with van der Waals surface area (Å²) in [5.41, 5.74) is 5.57. The molecular weight excluding hydrogens is 225 g/mol. The van der Waals surface area contributed by atoms with E-state index >= 15 is 0 Å². The third-order valence-corrected chi connectivity index (χ3v) is 3.12. The first-order valence-corrected chi connectivity index (χ1v) is 6.12. The van der Waals surface area contributed by atoms with Gasteiger partial charge in [-0.15, -0.1) is 0 Å². The summed E-state index contributed by atoms with van der Waals surface area (Å²) in [6, 6.07) is 11.3. The number of aryl methyl sites for hydroxylation is 2. The predicted octanol–water partition coefficient (Wildman–Crippen LogP) is 3.83. The highest BCUT2D eigenvalue weighted by atomic mass is 19.1. The summed E-state index contributed by atoms with van der Waals surface area (Å²) in [4.78, 5) is 0. The Balaban J connectivity index is 2.61. The Morgan fingerprint density at radius 3 is 2.50 bits per heavy atom. The zero-order valence-electron chi connectivity index (χ0n) is 11.0. The third kappa shape index (κ3) is 2.59. The van der Waals surface area contributed by atoms with E-state index in [0.29, 0.717) is 0 Å². The molecule has 0 spiro atoms. The van der Waals surface area contributed by atoms with E-state index in [4.69, 9.17) is 0 Å². The topological polar surface area (TPSA) is 12.0 Å². The maximum atomic E-state index is 13.5. The van der Waals surface area contributed by atoms with Crippen LogP contribution in [-0.4, -0.2) is 7.05 Å². The van der Waals surface area contributed by atoms with Crippen LogP contribution in [0.15, 0.2) is 36.4 Å². The maximum Gasteiger partial charge on any atom is 0.123 e. The summed E-state index contributed by atoms with van der Waals surface area (Å²) in [5.74, 6) is -0.189. The fraction of sp³-hybridized carbons (Fsp3) is 0.250. The SMILES string of the molecule is CNCc1ccc(F)cc1-c1cc(C)ccc1C. The molecule has 0 amide bonds. The van der Waals surface area contributed by atoms with E-state index in [2.05, 4.69) is 37.4 Å². The molecule has 0 aromatic heterocycles. The van der Waals surface area contributed by atoms with Crippen molar-refractivity contribution >= 4 is 0 Å². The maximum absolute atomic E-state index is 13.5. The van der Waals surface area contributed by atoms with E-state index in [1.807, 2.05) is 13.1 Å². The molecule has 0 saturated heterocycles. The van der Waals surface area contributed by atoms with Gasteiger partial charge in [0.25, 0.3) is 0 Å². The molecule has 2 aromatic rings. The molecule has 1 nitrogen and oxygen atoms in total. The van der Waals surface area contributed by atoms with Gasteiger partial charge in [-0.3, -0.25) is 0 Å². The first-order chi connectivity index (χ1) is 8.61. The molecule has 0 radical (unpaired) electrons. The molecule has 0 saturated carbocycles. The number of hydrogen-bond donors (Lipinski definition) is 1. The van der Waals surface area contributed by atoms with Crippen molar-refractivity contribution in [2.75, 3.05) is 7.05 Å². The van der Waals surface area contributed by atoms with Gasteiger partial charge in [-0.2, -0.15) is 0 Å². The Hall–Kier alpha value is -1.67. The second-order valence-electron chi connectivity index (χ2n) is 4.65. The number of nitrogens with one attached hydrogen (secondary N) is 1. The van der Waals surface area contributed by atoms with E-state index < -0.39 is 0 Å². The average Bonchev–Trinajstić information content (AvgIpc) is 2.35. The van der Waals surface area contributed by atoms with E-state index in [9.17, 15) is 4.39 Å². The van der Waals surface area contributed by atoms with Gasteiger partial charge in [0.15, 0.2) is 0 Å². The average molecular weight is 243 g/mol. The molecule has 0 bridgehead atoms. The zero-order valence-corrected chi connectivity index (χ0v) is 11.0. The molecule has 0 atom stereocenters. The molecule has 2 aromatic carbocycles. The summed E-state index contributed by atoms with van der Waals surface area (Å²) in [6.07, 6.45) is 0.